The maximum absolute atomic E-state index is 12.2. The Balaban J connectivity index is 1.97. The first-order chi connectivity index (χ1) is 10.5. The van der Waals surface area contributed by atoms with Crippen LogP contribution in [0, 0.1) is 0 Å². The first kappa shape index (κ1) is 16.8. The molecule has 1 aliphatic rings. The summed E-state index contributed by atoms with van der Waals surface area (Å²) >= 11 is 1.52. The van der Waals surface area contributed by atoms with E-state index in [0.717, 1.165) is 30.2 Å². The van der Waals surface area contributed by atoms with Crippen LogP contribution in [0.5, 0.6) is 0 Å². The molecule has 0 saturated heterocycles. The van der Waals surface area contributed by atoms with Crippen molar-refractivity contribution in [2.75, 3.05) is 31.5 Å². The average Bonchev–Trinajstić information content (AvgIpc) is 2.52. The Morgan fingerprint density at radius 1 is 1.36 bits per heavy atom. The van der Waals surface area contributed by atoms with Gasteiger partial charge in [0.2, 0.25) is 5.91 Å². The second-order valence-corrected chi connectivity index (χ2v) is 6.63. The van der Waals surface area contributed by atoms with Gasteiger partial charge in [-0.3, -0.25) is 9.59 Å². The van der Waals surface area contributed by atoms with Crippen LogP contribution in [0.4, 0.5) is 5.69 Å². The number of carbonyl (C=O) groups is 2. The molecule has 0 unspecified atom stereocenters. The summed E-state index contributed by atoms with van der Waals surface area (Å²) in [5.41, 5.74) is 1.30. The SMILES string of the molecule is CCN(CC)CCNC(=O)c1ccc2c(c1)NC(=O)[C@H](C)S2. The van der Waals surface area contributed by atoms with E-state index in [9.17, 15) is 9.59 Å². The number of nitrogens with zero attached hydrogens (tertiary/aromatic N) is 1. The number of benzene rings is 1. The minimum absolute atomic E-state index is 0.0170. The minimum Gasteiger partial charge on any atom is -0.351 e. The van der Waals surface area contributed by atoms with Crippen molar-refractivity contribution < 1.29 is 9.59 Å². The molecule has 2 N–H and O–H groups in total. The predicted octanol–water partition coefficient (Wildman–Crippen LogP) is 2.19. The number of rotatable bonds is 6. The molecule has 0 bridgehead atoms. The van der Waals surface area contributed by atoms with Gasteiger partial charge in [0.05, 0.1) is 10.9 Å². The summed E-state index contributed by atoms with van der Waals surface area (Å²) in [6.45, 7) is 9.51. The molecule has 1 heterocycles. The normalized spacial score (nSPS) is 17.1. The summed E-state index contributed by atoms with van der Waals surface area (Å²) in [5.74, 6) is -0.121. The summed E-state index contributed by atoms with van der Waals surface area (Å²) in [5, 5.41) is 5.68. The van der Waals surface area contributed by atoms with Crippen LogP contribution in [-0.2, 0) is 4.79 Å². The Labute approximate surface area is 135 Å². The topological polar surface area (TPSA) is 61.4 Å². The molecule has 1 aromatic carbocycles. The summed E-state index contributed by atoms with van der Waals surface area (Å²) in [6.07, 6.45) is 0. The monoisotopic (exact) mass is 321 g/mol. The number of anilines is 1. The predicted molar refractivity (Wildman–Crippen MR) is 90.5 cm³/mol. The van der Waals surface area contributed by atoms with E-state index < -0.39 is 0 Å². The van der Waals surface area contributed by atoms with Gasteiger partial charge in [0.15, 0.2) is 0 Å². The fourth-order valence-electron chi connectivity index (χ4n) is 2.32. The number of hydrogen-bond donors (Lipinski definition) is 2. The standard InChI is InChI=1S/C16H23N3O2S/c1-4-19(5-2)9-8-17-16(21)12-6-7-14-13(10-12)18-15(20)11(3)22-14/h6-7,10-11H,4-5,8-9H2,1-3H3,(H,17,21)(H,18,20)/t11-/m0/s1. The Kier molecular flexibility index (Phi) is 5.85. The van der Waals surface area contributed by atoms with Crippen molar-refractivity contribution in [1.29, 1.82) is 0 Å². The number of hydrogen-bond acceptors (Lipinski definition) is 4. The largest absolute Gasteiger partial charge is 0.351 e. The van der Waals surface area contributed by atoms with E-state index in [-0.39, 0.29) is 17.1 Å². The lowest BCUT2D eigenvalue weighted by atomic mass is 10.1. The molecule has 1 atom stereocenters. The Bertz CT molecular complexity index is 558. The van der Waals surface area contributed by atoms with Crippen LogP contribution >= 0.6 is 11.8 Å². The molecule has 1 aliphatic heterocycles. The Morgan fingerprint density at radius 3 is 2.77 bits per heavy atom. The molecule has 0 saturated carbocycles. The first-order valence-corrected chi connectivity index (χ1v) is 8.55. The number of fused-ring (bicyclic) bond motifs is 1. The lowest BCUT2D eigenvalue weighted by Gasteiger charge is -2.22. The van der Waals surface area contributed by atoms with E-state index >= 15 is 0 Å². The van der Waals surface area contributed by atoms with Crippen molar-refractivity contribution in [3.63, 3.8) is 0 Å². The van der Waals surface area contributed by atoms with Gasteiger partial charge in [-0.2, -0.15) is 0 Å². The van der Waals surface area contributed by atoms with E-state index in [4.69, 9.17) is 0 Å². The van der Waals surface area contributed by atoms with Crippen LogP contribution in [0.1, 0.15) is 31.1 Å². The Hall–Kier alpha value is -1.53. The zero-order valence-corrected chi connectivity index (χ0v) is 14.1. The Morgan fingerprint density at radius 2 is 2.09 bits per heavy atom. The maximum atomic E-state index is 12.2. The van der Waals surface area contributed by atoms with Crippen molar-refractivity contribution >= 4 is 29.3 Å². The fourth-order valence-corrected chi connectivity index (χ4v) is 3.25. The lowest BCUT2D eigenvalue weighted by Crippen LogP contribution is -2.35. The molecule has 0 fully saturated rings. The lowest BCUT2D eigenvalue weighted by molar-refractivity contribution is -0.115. The zero-order valence-electron chi connectivity index (χ0n) is 13.3. The van der Waals surface area contributed by atoms with Crippen LogP contribution < -0.4 is 10.6 Å². The molecule has 1 aromatic rings. The average molecular weight is 321 g/mol. The van der Waals surface area contributed by atoms with Gasteiger partial charge >= 0.3 is 0 Å². The third-order valence-corrected chi connectivity index (χ3v) is 4.96. The van der Waals surface area contributed by atoms with Gasteiger partial charge in [0, 0.05) is 23.5 Å². The second-order valence-electron chi connectivity index (χ2n) is 5.24. The molecule has 2 amide bonds. The van der Waals surface area contributed by atoms with Gasteiger partial charge in [0.1, 0.15) is 0 Å². The third-order valence-electron chi connectivity index (χ3n) is 3.78. The molecule has 0 radical (unpaired) electrons. The molecule has 6 heteroatoms. The fraction of sp³-hybridized carbons (Fsp3) is 0.500. The second kappa shape index (κ2) is 7.65. The van der Waals surface area contributed by atoms with E-state index in [1.807, 2.05) is 19.1 Å². The molecular formula is C16H23N3O2S. The van der Waals surface area contributed by atoms with Crippen LogP contribution in [-0.4, -0.2) is 48.1 Å². The number of nitrogens with one attached hydrogen (secondary N) is 2. The van der Waals surface area contributed by atoms with Gasteiger partial charge in [-0.15, -0.1) is 11.8 Å². The van der Waals surface area contributed by atoms with Crippen molar-refractivity contribution in [3.05, 3.63) is 23.8 Å². The van der Waals surface area contributed by atoms with Crippen LogP contribution in [0.25, 0.3) is 0 Å². The summed E-state index contributed by atoms with van der Waals surface area (Å²) in [6, 6.07) is 5.46. The molecule has 5 nitrogen and oxygen atoms in total. The zero-order chi connectivity index (χ0) is 16.1. The smallest absolute Gasteiger partial charge is 0.251 e. The van der Waals surface area contributed by atoms with Crippen LogP contribution in [0.2, 0.25) is 0 Å². The highest BCUT2D eigenvalue weighted by Gasteiger charge is 2.23. The number of amides is 2. The molecule has 0 spiro atoms. The highest BCUT2D eigenvalue weighted by molar-refractivity contribution is 8.00. The van der Waals surface area contributed by atoms with E-state index in [0.29, 0.717) is 12.1 Å². The van der Waals surface area contributed by atoms with Gasteiger partial charge in [-0.1, -0.05) is 13.8 Å². The third kappa shape index (κ3) is 4.01. The highest BCUT2D eigenvalue weighted by Crippen LogP contribution is 2.35. The molecular weight excluding hydrogens is 298 g/mol. The van der Waals surface area contributed by atoms with E-state index in [2.05, 4.69) is 29.4 Å². The van der Waals surface area contributed by atoms with Crippen molar-refractivity contribution in [2.45, 2.75) is 30.9 Å². The minimum atomic E-state index is -0.104. The van der Waals surface area contributed by atoms with Gasteiger partial charge in [0.25, 0.3) is 5.91 Å². The van der Waals surface area contributed by atoms with Gasteiger partial charge in [-0.25, -0.2) is 0 Å². The highest BCUT2D eigenvalue weighted by atomic mass is 32.2. The van der Waals surface area contributed by atoms with Gasteiger partial charge in [-0.05, 0) is 38.2 Å². The molecule has 2 rings (SSSR count). The number of likely N-dealkylation sites (N-methyl/N-ethyl adjacent to an activating group) is 1. The van der Waals surface area contributed by atoms with Crippen molar-refractivity contribution in [1.82, 2.24) is 10.2 Å². The van der Waals surface area contributed by atoms with E-state index in [1.165, 1.54) is 11.8 Å². The summed E-state index contributed by atoms with van der Waals surface area (Å²) in [7, 11) is 0. The van der Waals surface area contributed by atoms with Crippen LogP contribution in [0.3, 0.4) is 0 Å². The van der Waals surface area contributed by atoms with Crippen molar-refractivity contribution in [3.8, 4) is 0 Å². The van der Waals surface area contributed by atoms with Crippen molar-refractivity contribution in [2.24, 2.45) is 0 Å². The summed E-state index contributed by atoms with van der Waals surface area (Å²) < 4.78 is 0. The molecule has 0 aromatic heterocycles. The number of thioether (sulfide) groups is 1. The first-order valence-electron chi connectivity index (χ1n) is 7.67. The quantitative estimate of drug-likeness (QED) is 0.843. The van der Waals surface area contributed by atoms with Crippen LogP contribution in [0.15, 0.2) is 23.1 Å². The van der Waals surface area contributed by atoms with Gasteiger partial charge < -0.3 is 15.5 Å². The molecule has 120 valence electrons. The molecule has 22 heavy (non-hydrogen) atoms. The molecule has 0 aliphatic carbocycles. The summed E-state index contributed by atoms with van der Waals surface area (Å²) in [4.78, 5) is 27.2. The van der Waals surface area contributed by atoms with E-state index in [1.54, 1.807) is 6.07 Å². The number of carbonyl (C=O) groups excluding carboxylic acids is 2. The maximum Gasteiger partial charge on any atom is 0.251 e.